The molecular formula is C20H16ClN5O3. The first-order valence-corrected chi connectivity index (χ1v) is 9.09. The van der Waals surface area contributed by atoms with Crippen LogP contribution in [0.4, 0.5) is 10.5 Å². The Morgan fingerprint density at radius 1 is 1.28 bits per heavy atom. The van der Waals surface area contributed by atoms with Crippen molar-refractivity contribution in [2.45, 2.75) is 13.5 Å². The molecule has 0 aliphatic carbocycles. The van der Waals surface area contributed by atoms with Crippen LogP contribution in [-0.4, -0.2) is 25.6 Å². The Hall–Kier alpha value is -3.65. The van der Waals surface area contributed by atoms with Gasteiger partial charge in [0, 0.05) is 11.9 Å². The standard InChI is InChI=1S/C20H16ClN5O3/c1-12-19(27)25-16-7-15(21)18(8-17(16)23-12)26-9-14(22-11-26)10-29-20(28)24-13-5-3-2-4-6-13/h2-9,11H,10H2,1H3,(H,24,28)(H,25,27). The number of nitrogens with one attached hydrogen (secondary N) is 2. The maximum absolute atomic E-state index is 11.9. The van der Waals surface area contributed by atoms with Gasteiger partial charge in [0.1, 0.15) is 12.3 Å². The molecule has 0 aliphatic heterocycles. The number of carbonyl (C=O) groups excluding carboxylic acids is 1. The number of fused-ring (bicyclic) bond motifs is 1. The molecule has 146 valence electrons. The second kappa shape index (κ2) is 7.76. The van der Waals surface area contributed by atoms with E-state index in [-0.39, 0.29) is 12.2 Å². The van der Waals surface area contributed by atoms with Gasteiger partial charge in [-0.3, -0.25) is 10.1 Å². The van der Waals surface area contributed by atoms with E-state index in [1.165, 1.54) is 0 Å². The summed E-state index contributed by atoms with van der Waals surface area (Å²) in [5.74, 6) is 0. The highest BCUT2D eigenvalue weighted by Crippen LogP contribution is 2.25. The normalized spacial score (nSPS) is 10.8. The predicted octanol–water partition coefficient (Wildman–Crippen LogP) is 3.82. The smallest absolute Gasteiger partial charge is 0.412 e. The fourth-order valence-electron chi connectivity index (χ4n) is 2.77. The highest BCUT2D eigenvalue weighted by Gasteiger charge is 2.11. The number of anilines is 1. The SMILES string of the molecule is Cc1nc2cc(-n3cnc(COC(=O)Nc4ccccc4)c3)c(Cl)cc2[nH]c1=O. The van der Waals surface area contributed by atoms with E-state index in [1.54, 1.807) is 48.3 Å². The minimum atomic E-state index is -0.571. The molecule has 0 aliphatic rings. The number of aromatic nitrogens is 4. The molecule has 2 N–H and O–H groups in total. The number of hydrogen-bond donors (Lipinski definition) is 2. The Balaban J connectivity index is 1.50. The molecule has 0 spiro atoms. The molecule has 1 amide bonds. The van der Waals surface area contributed by atoms with Crippen molar-refractivity contribution in [3.63, 3.8) is 0 Å². The second-order valence-electron chi connectivity index (χ2n) is 6.31. The summed E-state index contributed by atoms with van der Waals surface area (Å²) in [5.41, 5.74) is 3.12. The fourth-order valence-corrected chi connectivity index (χ4v) is 3.03. The van der Waals surface area contributed by atoms with Crippen molar-refractivity contribution >= 4 is 34.4 Å². The van der Waals surface area contributed by atoms with E-state index in [0.29, 0.717) is 38.8 Å². The van der Waals surface area contributed by atoms with Crippen LogP contribution < -0.4 is 10.9 Å². The van der Waals surface area contributed by atoms with E-state index in [0.717, 1.165) is 0 Å². The van der Waals surface area contributed by atoms with E-state index in [9.17, 15) is 9.59 Å². The molecule has 0 bridgehead atoms. The molecule has 2 aromatic heterocycles. The third-order valence-electron chi connectivity index (χ3n) is 4.22. The van der Waals surface area contributed by atoms with Crippen LogP contribution in [-0.2, 0) is 11.3 Å². The van der Waals surface area contributed by atoms with Gasteiger partial charge in [0.2, 0.25) is 0 Å². The summed E-state index contributed by atoms with van der Waals surface area (Å²) in [7, 11) is 0. The summed E-state index contributed by atoms with van der Waals surface area (Å²) >= 11 is 6.36. The molecule has 8 nitrogen and oxygen atoms in total. The molecule has 0 unspecified atom stereocenters. The van der Waals surface area contributed by atoms with Gasteiger partial charge in [-0.05, 0) is 31.2 Å². The average Bonchev–Trinajstić information content (AvgIpc) is 3.17. The first-order chi connectivity index (χ1) is 14.0. The van der Waals surface area contributed by atoms with Gasteiger partial charge in [-0.1, -0.05) is 29.8 Å². The summed E-state index contributed by atoms with van der Waals surface area (Å²) in [5, 5.41) is 3.06. The minimum Gasteiger partial charge on any atom is -0.443 e. The van der Waals surface area contributed by atoms with Gasteiger partial charge in [-0.2, -0.15) is 0 Å². The zero-order valence-corrected chi connectivity index (χ0v) is 16.1. The number of halogens is 1. The van der Waals surface area contributed by atoms with Crippen LogP contribution in [0.5, 0.6) is 0 Å². The van der Waals surface area contributed by atoms with E-state index in [4.69, 9.17) is 16.3 Å². The monoisotopic (exact) mass is 409 g/mol. The molecule has 2 aromatic carbocycles. The number of aryl methyl sites for hydroxylation is 1. The maximum atomic E-state index is 11.9. The van der Waals surface area contributed by atoms with Crippen molar-refractivity contribution < 1.29 is 9.53 Å². The lowest BCUT2D eigenvalue weighted by atomic mass is 10.2. The largest absolute Gasteiger partial charge is 0.443 e. The minimum absolute atomic E-state index is 0.00153. The number of nitrogens with zero attached hydrogens (tertiary/aromatic N) is 3. The molecule has 0 radical (unpaired) electrons. The molecule has 4 rings (SSSR count). The molecule has 0 saturated carbocycles. The number of ether oxygens (including phenoxy) is 1. The molecule has 2 heterocycles. The van der Waals surface area contributed by atoms with Gasteiger partial charge in [-0.25, -0.2) is 14.8 Å². The van der Waals surface area contributed by atoms with Gasteiger partial charge < -0.3 is 14.3 Å². The van der Waals surface area contributed by atoms with Gasteiger partial charge in [0.05, 0.1) is 33.8 Å². The number of hydrogen-bond acceptors (Lipinski definition) is 5. The van der Waals surface area contributed by atoms with Crippen molar-refractivity contribution in [3.05, 3.63) is 81.8 Å². The fraction of sp³-hybridized carbons (Fsp3) is 0.100. The lowest BCUT2D eigenvalue weighted by molar-refractivity contribution is 0.154. The van der Waals surface area contributed by atoms with Crippen LogP contribution in [0.25, 0.3) is 16.7 Å². The molecule has 4 aromatic rings. The number of amides is 1. The summed E-state index contributed by atoms with van der Waals surface area (Å²) in [6, 6.07) is 12.4. The van der Waals surface area contributed by atoms with Gasteiger partial charge in [-0.15, -0.1) is 0 Å². The third-order valence-corrected chi connectivity index (χ3v) is 4.52. The lowest BCUT2D eigenvalue weighted by Crippen LogP contribution is -2.13. The van der Waals surface area contributed by atoms with Crippen molar-refractivity contribution in [2.24, 2.45) is 0 Å². The number of rotatable bonds is 4. The maximum Gasteiger partial charge on any atom is 0.412 e. The van der Waals surface area contributed by atoms with Gasteiger partial charge >= 0.3 is 6.09 Å². The Kier molecular flexibility index (Phi) is 5.01. The number of para-hydroxylation sites is 1. The number of imidazole rings is 1. The van der Waals surface area contributed by atoms with Crippen LogP contribution >= 0.6 is 11.6 Å². The number of aromatic amines is 1. The summed E-state index contributed by atoms with van der Waals surface area (Å²) in [6.45, 7) is 1.64. The van der Waals surface area contributed by atoms with Gasteiger partial charge in [0.15, 0.2) is 0 Å². The zero-order chi connectivity index (χ0) is 20.4. The van der Waals surface area contributed by atoms with Crippen molar-refractivity contribution in [3.8, 4) is 5.69 Å². The van der Waals surface area contributed by atoms with Crippen LogP contribution in [0, 0.1) is 6.92 Å². The third kappa shape index (κ3) is 4.12. The predicted molar refractivity (Wildman–Crippen MR) is 109 cm³/mol. The Morgan fingerprint density at radius 2 is 2.07 bits per heavy atom. The summed E-state index contributed by atoms with van der Waals surface area (Å²) in [4.78, 5) is 34.9. The van der Waals surface area contributed by atoms with Crippen LogP contribution in [0.15, 0.2) is 59.8 Å². The molecule has 0 fully saturated rings. The molecule has 9 heteroatoms. The van der Waals surface area contributed by atoms with Crippen molar-refractivity contribution in [1.29, 1.82) is 0 Å². The summed E-state index contributed by atoms with van der Waals surface area (Å²) < 4.78 is 6.91. The van der Waals surface area contributed by atoms with Crippen LogP contribution in [0.1, 0.15) is 11.4 Å². The highest BCUT2D eigenvalue weighted by molar-refractivity contribution is 6.33. The topological polar surface area (TPSA) is 102 Å². The molecule has 0 saturated heterocycles. The van der Waals surface area contributed by atoms with E-state index in [2.05, 4.69) is 20.3 Å². The molecule has 0 atom stereocenters. The Morgan fingerprint density at radius 3 is 2.86 bits per heavy atom. The molecular weight excluding hydrogens is 394 g/mol. The highest BCUT2D eigenvalue weighted by atomic mass is 35.5. The van der Waals surface area contributed by atoms with E-state index in [1.807, 2.05) is 18.2 Å². The van der Waals surface area contributed by atoms with Crippen LogP contribution in [0.3, 0.4) is 0 Å². The number of H-pyrrole nitrogens is 1. The zero-order valence-electron chi connectivity index (χ0n) is 15.3. The number of carbonyl (C=O) groups is 1. The first kappa shape index (κ1) is 18.7. The van der Waals surface area contributed by atoms with Crippen LogP contribution in [0.2, 0.25) is 5.02 Å². The Bertz CT molecular complexity index is 1250. The van der Waals surface area contributed by atoms with Gasteiger partial charge in [0.25, 0.3) is 5.56 Å². The lowest BCUT2D eigenvalue weighted by Gasteiger charge is -2.07. The number of benzene rings is 2. The second-order valence-corrected chi connectivity index (χ2v) is 6.72. The average molecular weight is 410 g/mol. The summed E-state index contributed by atoms with van der Waals surface area (Å²) in [6.07, 6.45) is 2.71. The van der Waals surface area contributed by atoms with Crippen molar-refractivity contribution in [2.75, 3.05) is 5.32 Å². The van der Waals surface area contributed by atoms with E-state index < -0.39 is 6.09 Å². The van der Waals surface area contributed by atoms with E-state index >= 15 is 0 Å². The molecule has 29 heavy (non-hydrogen) atoms. The Labute approximate surface area is 170 Å². The quantitative estimate of drug-likeness (QED) is 0.533. The first-order valence-electron chi connectivity index (χ1n) is 8.72. The van der Waals surface area contributed by atoms with Crippen molar-refractivity contribution in [1.82, 2.24) is 19.5 Å².